The van der Waals surface area contributed by atoms with Crippen LogP contribution in [0.3, 0.4) is 0 Å². The Balaban J connectivity index is 3.51. The predicted molar refractivity (Wildman–Crippen MR) is 29.5 cm³/mol. The first-order chi connectivity index (χ1) is 3.66. The van der Waals surface area contributed by atoms with Crippen LogP contribution < -0.4 is 0 Å². The number of hydrogen-bond acceptors (Lipinski definition) is 3. The van der Waals surface area contributed by atoms with Gasteiger partial charge in [0.2, 0.25) is 0 Å². The van der Waals surface area contributed by atoms with E-state index in [0.717, 1.165) is 0 Å². The molecule has 0 fully saturated rings. The first-order valence-electron chi connectivity index (χ1n) is 2.33. The molecule has 0 bridgehead atoms. The predicted octanol–water partition coefficient (Wildman–Crippen LogP) is -0.199. The van der Waals surface area contributed by atoms with E-state index >= 15 is 0 Å². The molecule has 48 valence electrons. The normalized spacial score (nSPS) is 16.1. The van der Waals surface area contributed by atoms with Gasteiger partial charge in [-0.05, 0) is 13.0 Å². The topological polar surface area (TPSA) is 60.7 Å². The lowest BCUT2D eigenvalue weighted by Gasteiger charge is -1.97. The number of aliphatic hydroxyl groups excluding tert-OH is 3. The Morgan fingerprint density at radius 1 is 1.75 bits per heavy atom. The number of rotatable bonds is 2. The lowest BCUT2D eigenvalue weighted by Crippen LogP contribution is -2.07. The molecule has 3 N–H and O–H groups in total. The molecule has 0 saturated carbocycles. The molecule has 0 aliphatic rings. The van der Waals surface area contributed by atoms with E-state index in [1.54, 1.807) is 0 Å². The molecule has 0 radical (unpaired) electrons. The van der Waals surface area contributed by atoms with Crippen LogP contribution in [-0.2, 0) is 0 Å². The van der Waals surface area contributed by atoms with Gasteiger partial charge < -0.3 is 15.3 Å². The van der Waals surface area contributed by atoms with Crippen molar-refractivity contribution in [2.24, 2.45) is 0 Å². The standard InChI is InChI=1S/C5H10O3/c1-4(7)2-5(8)3-6/h2,5-8H,3H2,1H3. The number of allylic oxidation sites excluding steroid dienone is 1. The SMILES string of the molecule is CC(O)=CC(O)CO. The monoisotopic (exact) mass is 118 g/mol. The molecule has 0 heterocycles. The summed E-state index contributed by atoms with van der Waals surface area (Å²) < 4.78 is 0. The van der Waals surface area contributed by atoms with E-state index in [2.05, 4.69) is 0 Å². The van der Waals surface area contributed by atoms with E-state index in [1.165, 1.54) is 13.0 Å². The summed E-state index contributed by atoms with van der Waals surface area (Å²) in [6, 6.07) is 0. The smallest absolute Gasteiger partial charge is 0.0986 e. The van der Waals surface area contributed by atoms with Crippen molar-refractivity contribution >= 4 is 0 Å². The molecule has 0 aromatic heterocycles. The van der Waals surface area contributed by atoms with Crippen LogP contribution in [0.25, 0.3) is 0 Å². The average Bonchev–Trinajstić information content (AvgIpc) is 1.65. The summed E-state index contributed by atoms with van der Waals surface area (Å²) in [6.07, 6.45) is 0.236. The van der Waals surface area contributed by atoms with Gasteiger partial charge in [0.05, 0.1) is 18.5 Å². The summed E-state index contributed by atoms with van der Waals surface area (Å²) in [5, 5.41) is 25.2. The molecule has 0 aliphatic carbocycles. The van der Waals surface area contributed by atoms with E-state index in [1.807, 2.05) is 0 Å². The third kappa shape index (κ3) is 3.64. The van der Waals surface area contributed by atoms with E-state index in [-0.39, 0.29) is 12.4 Å². The summed E-state index contributed by atoms with van der Waals surface area (Å²) in [4.78, 5) is 0. The number of hydrogen-bond donors (Lipinski definition) is 3. The van der Waals surface area contributed by atoms with Crippen LogP contribution in [0.5, 0.6) is 0 Å². The summed E-state index contributed by atoms with van der Waals surface area (Å²) >= 11 is 0. The fourth-order valence-corrected chi connectivity index (χ4v) is 0.331. The van der Waals surface area contributed by atoms with Crippen molar-refractivity contribution in [3.05, 3.63) is 11.8 Å². The molecule has 0 rings (SSSR count). The molecule has 8 heavy (non-hydrogen) atoms. The van der Waals surface area contributed by atoms with E-state index in [0.29, 0.717) is 0 Å². The summed E-state index contributed by atoms with van der Waals surface area (Å²) in [5.74, 6) is 0.0200. The van der Waals surface area contributed by atoms with Crippen LogP contribution in [-0.4, -0.2) is 28.0 Å². The van der Waals surface area contributed by atoms with Gasteiger partial charge in [-0.15, -0.1) is 0 Å². The van der Waals surface area contributed by atoms with Crippen LogP contribution in [0.2, 0.25) is 0 Å². The van der Waals surface area contributed by atoms with E-state index in [4.69, 9.17) is 15.3 Å². The maximum atomic E-state index is 8.54. The maximum Gasteiger partial charge on any atom is 0.0986 e. The van der Waals surface area contributed by atoms with E-state index in [9.17, 15) is 0 Å². The molecule has 1 unspecified atom stereocenters. The van der Waals surface area contributed by atoms with Gasteiger partial charge in [-0.3, -0.25) is 0 Å². The van der Waals surface area contributed by atoms with Crippen LogP contribution >= 0.6 is 0 Å². The van der Waals surface area contributed by atoms with Gasteiger partial charge >= 0.3 is 0 Å². The van der Waals surface area contributed by atoms with Gasteiger partial charge in [-0.25, -0.2) is 0 Å². The largest absolute Gasteiger partial charge is 0.513 e. The van der Waals surface area contributed by atoms with Crippen molar-refractivity contribution in [3.8, 4) is 0 Å². The Morgan fingerprint density at radius 3 is 2.38 bits per heavy atom. The minimum absolute atomic E-state index is 0.0200. The Morgan fingerprint density at radius 2 is 2.25 bits per heavy atom. The maximum absolute atomic E-state index is 8.54. The van der Waals surface area contributed by atoms with Gasteiger partial charge in [0.15, 0.2) is 0 Å². The molecular weight excluding hydrogens is 108 g/mol. The second kappa shape index (κ2) is 3.46. The molecule has 3 heteroatoms. The Labute approximate surface area is 47.9 Å². The van der Waals surface area contributed by atoms with E-state index < -0.39 is 6.10 Å². The molecule has 0 aromatic rings. The molecule has 0 aliphatic heterocycles. The Hall–Kier alpha value is -0.540. The highest BCUT2D eigenvalue weighted by molar-refractivity contribution is 4.91. The minimum atomic E-state index is -0.931. The van der Waals surface area contributed by atoms with Crippen LogP contribution in [0.1, 0.15) is 6.92 Å². The first-order valence-corrected chi connectivity index (χ1v) is 2.33. The molecular formula is C5H10O3. The quantitative estimate of drug-likeness (QED) is 0.440. The molecule has 0 aromatic carbocycles. The molecule has 1 atom stereocenters. The molecule has 0 spiro atoms. The zero-order valence-electron chi connectivity index (χ0n) is 4.70. The zero-order valence-corrected chi connectivity index (χ0v) is 4.70. The van der Waals surface area contributed by atoms with Crippen molar-refractivity contribution in [1.82, 2.24) is 0 Å². The third-order valence-corrected chi connectivity index (χ3v) is 0.621. The fourth-order valence-electron chi connectivity index (χ4n) is 0.331. The fraction of sp³-hybridized carbons (Fsp3) is 0.600. The van der Waals surface area contributed by atoms with Crippen molar-refractivity contribution in [3.63, 3.8) is 0 Å². The van der Waals surface area contributed by atoms with Gasteiger partial charge in [0.1, 0.15) is 0 Å². The summed E-state index contributed by atoms with van der Waals surface area (Å²) in [6.45, 7) is 1.08. The van der Waals surface area contributed by atoms with Gasteiger partial charge in [0, 0.05) is 0 Å². The Bertz CT molecular complexity index is 83.7. The molecule has 0 amide bonds. The minimum Gasteiger partial charge on any atom is -0.513 e. The lowest BCUT2D eigenvalue weighted by molar-refractivity contribution is 0.128. The Kier molecular flexibility index (Phi) is 3.23. The third-order valence-electron chi connectivity index (χ3n) is 0.621. The lowest BCUT2D eigenvalue weighted by atomic mass is 10.3. The van der Waals surface area contributed by atoms with Gasteiger partial charge in [-0.2, -0.15) is 0 Å². The highest BCUT2D eigenvalue weighted by atomic mass is 16.3. The number of aliphatic hydroxyl groups is 3. The van der Waals surface area contributed by atoms with Gasteiger partial charge in [0.25, 0.3) is 0 Å². The van der Waals surface area contributed by atoms with Crippen molar-refractivity contribution < 1.29 is 15.3 Å². The second-order valence-corrected chi connectivity index (χ2v) is 1.56. The molecule has 0 saturated heterocycles. The highest BCUT2D eigenvalue weighted by Gasteiger charge is 1.94. The average molecular weight is 118 g/mol. The molecule has 3 nitrogen and oxygen atoms in total. The summed E-state index contributed by atoms with van der Waals surface area (Å²) in [7, 11) is 0. The summed E-state index contributed by atoms with van der Waals surface area (Å²) in [5.41, 5.74) is 0. The van der Waals surface area contributed by atoms with Crippen molar-refractivity contribution in [2.45, 2.75) is 13.0 Å². The van der Waals surface area contributed by atoms with Crippen molar-refractivity contribution in [1.29, 1.82) is 0 Å². The zero-order chi connectivity index (χ0) is 6.57. The highest BCUT2D eigenvalue weighted by Crippen LogP contribution is 1.88. The second-order valence-electron chi connectivity index (χ2n) is 1.56. The van der Waals surface area contributed by atoms with Gasteiger partial charge in [-0.1, -0.05) is 0 Å². The van der Waals surface area contributed by atoms with Crippen LogP contribution in [0, 0.1) is 0 Å². The first kappa shape index (κ1) is 7.46. The van der Waals surface area contributed by atoms with Crippen LogP contribution in [0.4, 0.5) is 0 Å². The van der Waals surface area contributed by atoms with Crippen molar-refractivity contribution in [2.75, 3.05) is 6.61 Å². The van der Waals surface area contributed by atoms with Crippen LogP contribution in [0.15, 0.2) is 11.8 Å².